The van der Waals surface area contributed by atoms with Crippen molar-refractivity contribution in [2.24, 2.45) is 14.1 Å². The number of amidine groups is 2. The van der Waals surface area contributed by atoms with E-state index < -0.39 is 0 Å². The summed E-state index contributed by atoms with van der Waals surface area (Å²) in [4.78, 5) is 4.61. The second-order valence-electron chi connectivity index (χ2n) is 16.2. The molecule has 0 fully saturated rings. The molecular weight excluding hydrogens is 729 g/mol. The number of aryl methyl sites for hydroxylation is 2. The van der Waals surface area contributed by atoms with Crippen LogP contribution in [0.4, 0.5) is 11.4 Å². The smallest absolute Gasteiger partial charge is 0.374 e. The average Bonchev–Trinajstić information content (AvgIpc) is 3.75. The van der Waals surface area contributed by atoms with Gasteiger partial charge in [0.05, 0.1) is 52.7 Å². The van der Waals surface area contributed by atoms with Crippen molar-refractivity contribution in [3.05, 3.63) is 157 Å². The monoisotopic (exact) mass is 786 g/mol. The first-order valence-electron chi connectivity index (χ1n) is 21.1. The quantitative estimate of drug-likeness (QED) is 0.0537. The largest absolute Gasteiger partial charge is 0.398 e. The molecule has 0 saturated heterocycles. The summed E-state index contributed by atoms with van der Waals surface area (Å²) < 4.78 is 20.9. The third-order valence-corrected chi connectivity index (χ3v) is 11.9. The number of para-hydroxylation sites is 6. The van der Waals surface area contributed by atoms with Gasteiger partial charge in [-0.25, -0.2) is 9.80 Å². The van der Waals surface area contributed by atoms with Crippen molar-refractivity contribution < 1.29 is 27.1 Å². The number of fused-ring (bicyclic) bond motifs is 4. The van der Waals surface area contributed by atoms with E-state index in [4.69, 9.17) is 8.83 Å². The lowest BCUT2D eigenvalue weighted by Gasteiger charge is -2.26. The first kappa shape index (κ1) is 39.5. The van der Waals surface area contributed by atoms with Crippen molar-refractivity contribution >= 4 is 57.4 Å². The van der Waals surface area contributed by atoms with Crippen LogP contribution in [0.25, 0.3) is 34.4 Å². The molecule has 59 heavy (non-hydrogen) atoms. The predicted molar refractivity (Wildman–Crippen MR) is 241 cm³/mol. The lowest BCUT2D eigenvalue weighted by Crippen LogP contribution is -2.33. The maximum absolute atomic E-state index is 6.17. The number of nitrogens with zero attached hydrogens (tertiary/aromatic N) is 6. The molecular formula is C51H58N6O2+4. The highest BCUT2D eigenvalue weighted by Crippen LogP contribution is 2.38. The number of anilines is 2. The zero-order valence-electron chi connectivity index (χ0n) is 35.5. The van der Waals surface area contributed by atoms with Gasteiger partial charge in [0, 0.05) is 47.2 Å². The number of hydrogen-bond acceptors (Lipinski definition) is 2. The second-order valence-corrected chi connectivity index (χ2v) is 16.2. The Morgan fingerprint density at radius 2 is 0.932 bits per heavy atom. The SMILES string of the molecule is C[N+](C)=C(C=Cc1oc2ccccc2[n+]1C)N1C=CC(CCCCCCCC2C=CN(C(C=Cc3oc4ccccc4[n+]3C)=[N+](C)C)c3ccccc32)c2ccccc21. The zero-order valence-corrected chi connectivity index (χ0v) is 35.5. The van der Waals surface area contributed by atoms with Crippen molar-refractivity contribution in [1.29, 1.82) is 0 Å². The van der Waals surface area contributed by atoms with Crippen LogP contribution in [0.15, 0.2) is 143 Å². The van der Waals surface area contributed by atoms with Crippen LogP contribution in [-0.2, 0) is 14.1 Å². The third kappa shape index (κ3) is 8.35. The van der Waals surface area contributed by atoms with Gasteiger partial charge >= 0.3 is 11.8 Å². The fourth-order valence-electron chi connectivity index (χ4n) is 8.66. The fraction of sp³-hybridized carbons (Fsp3) is 0.294. The molecule has 8 heteroatoms. The molecule has 8 rings (SSSR count). The number of aromatic nitrogens is 2. The predicted octanol–water partition coefficient (Wildman–Crippen LogP) is 9.86. The van der Waals surface area contributed by atoms with Gasteiger partial charge in [0.25, 0.3) is 22.7 Å². The molecule has 4 aromatic carbocycles. The number of allylic oxidation sites excluding steroid dienone is 2. The standard InChI is InChI=1S/C51H58N6O2/c1-52(2)48(30-32-50-54(5)44-26-16-18-28-46(44)58-50)56-36-34-38(40-22-12-14-24-42(40)56)20-10-8-7-9-11-21-39-35-37-57(43-25-15-13-23-41(39)43)49(53(3)4)31-33-51-55(6)45-27-17-19-29-47(45)59-51/h12-19,22-39H,7-11,20-21H2,1-6H3/q+4. The van der Waals surface area contributed by atoms with Crippen LogP contribution in [0.5, 0.6) is 0 Å². The van der Waals surface area contributed by atoms with Gasteiger partial charge in [-0.1, -0.05) is 92.8 Å². The maximum atomic E-state index is 6.17. The molecule has 0 N–H and O–H groups in total. The molecule has 2 unspecified atom stereocenters. The van der Waals surface area contributed by atoms with Gasteiger partial charge in [-0.05, 0) is 49.3 Å². The minimum Gasteiger partial charge on any atom is -0.398 e. The maximum Gasteiger partial charge on any atom is 0.374 e. The molecule has 0 radical (unpaired) electrons. The van der Waals surface area contributed by atoms with Crippen LogP contribution in [0.2, 0.25) is 0 Å². The highest BCUT2D eigenvalue weighted by Gasteiger charge is 2.31. The first-order valence-corrected chi connectivity index (χ1v) is 21.1. The van der Waals surface area contributed by atoms with E-state index in [0.29, 0.717) is 11.8 Å². The van der Waals surface area contributed by atoms with Crippen molar-refractivity contribution in [1.82, 2.24) is 0 Å². The van der Waals surface area contributed by atoms with E-state index in [0.717, 1.165) is 58.5 Å². The normalized spacial score (nSPS) is 16.1. The third-order valence-electron chi connectivity index (χ3n) is 11.9. The van der Waals surface area contributed by atoms with E-state index in [-0.39, 0.29) is 0 Å². The summed E-state index contributed by atoms with van der Waals surface area (Å²) in [6.45, 7) is 0. The second kappa shape index (κ2) is 17.7. The molecule has 0 bridgehead atoms. The Morgan fingerprint density at radius 1 is 0.542 bits per heavy atom. The Hall–Kier alpha value is -6.28. The number of benzene rings is 4. The van der Waals surface area contributed by atoms with E-state index in [1.54, 1.807) is 0 Å². The lowest BCUT2D eigenvalue weighted by atomic mass is 9.88. The molecule has 0 aliphatic carbocycles. The van der Waals surface area contributed by atoms with Crippen LogP contribution in [0.1, 0.15) is 79.7 Å². The average molecular weight is 787 g/mol. The summed E-state index contributed by atoms with van der Waals surface area (Å²) >= 11 is 0. The van der Waals surface area contributed by atoms with Crippen molar-refractivity contribution in [2.45, 2.75) is 56.8 Å². The number of rotatable bonds is 12. The Balaban J connectivity index is 0.848. The Morgan fingerprint density at radius 3 is 1.36 bits per heavy atom. The molecule has 0 saturated carbocycles. The Bertz CT molecular complexity index is 2460. The molecule has 2 aromatic heterocycles. The highest BCUT2D eigenvalue weighted by atomic mass is 16.4. The van der Waals surface area contributed by atoms with E-state index >= 15 is 0 Å². The molecule has 8 nitrogen and oxygen atoms in total. The van der Waals surface area contributed by atoms with Gasteiger partial charge in [0.2, 0.25) is 11.2 Å². The van der Waals surface area contributed by atoms with Crippen LogP contribution >= 0.6 is 0 Å². The van der Waals surface area contributed by atoms with Gasteiger partial charge in [-0.2, -0.15) is 9.13 Å². The van der Waals surface area contributed by atoms with Crippen LogP contribution in [0, 0.1) is 0 Å². The highest BCUT2D eigenvalue weighted by molar-refractivity contribution is 6.07. The Kier molecular flexibility index (Phi) is 11.9. The molecule has 2 aliphatic rings. The topological polar surface area (TPSA) is 46.5 Å². The van der Waals surface area contributed by atoms with E-state index in [1.807, 2.05) is 50.5 Å². The molecule has 4 heterocycles. The molecule has 0 spiro atoms. The van der Waals surface area contributed by atoms with Crippen LogP contribution in [0.3, 0.4) is 0 Å². The summed E-state index contributed by atoms with van der Waals surface area (Å²) in [6, 6.07) is 34.1. The van der Waals surface area contributed by atoms with Gasteiger partial charge in [-0.15, -0.1) is 0 Å². The summed E-state index contributed by atoms with van der Waals surface area (Å²) in [5.74, 6) is 4.62. The molecule has 2 aliphatic heterocycles. The van der Waals surface area contributed by atoms with E-state index in [1.165, 1.54) is 54.6 Å². The lowest BCUT2D eigenvalue weighted by molar-refractivity contribution is -0.652. The number of oxazole rings is 2. The number of hydrogen-bond donors (Lipinski definition) is 0. The van der Waals surface area contributed by atoms with E-state index in [2.05, 4.69) is 166 Å². The summed E-state index contributed by atoms with van der Waals surface area (Å²) in [5, 5.41) is 0. The van der Waals surface area contributed by atoms with Gasteiger partial charge in [0.1, 0.15) is 25.5 Å². The minimum atomic E-state index is 0.412. The number of unbranched alkanes of at least 4 members (excludes halogenated alkanes) is 4. The fourth-order valence-corrected chi connectivity index (χ4v) is 8.66. The summed E-state index contributed by atoms with van der Waals surface area (Å²) in [6.07, 6.45) is 26.3. The van der Waals surface area contributed by atoms with Gasteiger partial charge < -0.3 is 8.83 Å². The Labute approximate surface area is 348 Å². The summed E-state index contributed by atoms with van der Waals surface area (Å²) in [5.41, 5.74) is 9.21. The molecule has 2 atom stereocenters. The van der Waals surface area contributed by atoms with Gasteiger partial charge in [0.15, 0.2) is 0 Å². The molecule has 0 amide bonds. The van der Waals surface area contributed by atoms with Crippen LogP contribution in [-0.4, -0.2) is 49.0 Å². The van der Waals surface area contributed by atoms with Gasteiger partial charge in [-0.3, -0.25) is 9.15 Å². The first-order chi connectivity index (χ1) is 28.8. The van der Waals surface area contributed by atoms with Crippen molar-refractivity contribution in [3.63, 3.8) is 0 Å². The molecule has 6 aromatic rings. The minimum absolute atomic E-state index is 0.412. The van der Waals surface area contributed by atoms with Crippen molar-refractivity contribution in [2.75, 3.05) is 38.0 Å². The molecule has 300 valence electrons. The zero-order chi connectivity index (χ0) is 40.9. The van der Waals surface area contributed by atoms with E-state index in [9.17, 15) is 0 Å². The summed E-state index contributed by atoms with van der Waals surface area (Å²) in [7, 11) is 12.5. The van der Waals surface area contributed by atoms with Crippen molar-refractivity contribution in [3.8, 4) is 0 Å². The van der Waals surface area contributed by atoms with Crippen LogP contribution < -0.4 is 18.9 Å².